The normalized spacial score (nSPS) is 15.5. The van der Waals surface area contributed by atoms with Crippen molar-refractivity contribution in [2.24, 2.45) is 0 Å². The molecule has 174 valence electrons. The Morgan fingerprint density at radius 2 is 1.91 bits per heavy atom. The second-order valence-corrected chi connectivity index (χ2v) is 8.31. The number of carbonyl (C=O) groups excluding carboxylic acids is 1. The van der Waals surface area contributed by atoms with Crippen LogP contribution in [0.3, 0.4) is 0 Å². The number of likely N-dealkylation sites (tertiary alicyclic amines) is 1. The van der Waals surface area contributed by atoms with Crippen molar-refractivity contribution in [3.05, 3.63) is 77.9 Å². The number of nitrogens with zero attached hydrogens (tertiary/aromatic N) is 5. The monoisotopic (exact) mass is 466 g/mol. The van der Waals surface area contributed by atoms with E-state index in [1.54, 1.807) is 23.1 Å². The van der Waals surface area contributed by atoms with E-state index in [9.17, 15) is 15.2 Å². The lowest BCUT2D eigenvalue weighted by Gasteiger charge is -2.32. The van der Waals surface area contributed by atoms with Gasteiger partial charge < -0.3 is 20.2 Å². The molecule has 0 spiro atoms. The molecule has 5 rings (SSSR count). The summed E-state index contributed by atoms with van der Waals surface area (Å²) in [7, 11) is 0. The fourth-order valence-electron chi connectivity index (χ4n) is 4.42. The summed E-state index contributed by atoms with van der Waals surface area (Å²) in [6.45, 7) is 0.885. The van der Waals surface area contributed by atoms with E-state index < -0.39 is 0 Å². The highest BCUT2D eigenvalue weighted by atomic mass is 16.3. The Balaban J connectivity index is 1.47. The van der Waals surface area contributed by atoms with Gasteiger partial charge in [-0.15, -0.1) is 0 Å². The number of benzene rings is 2. The molecule has 1 fully saturated rings. The SMILES string of the molecule is N#Cc1c(N)nc(-c2ccccc2O)nc1C1CCCN(C(=O)c2ncoc2-c2ccccc2)C1. The van der Waals surface area contributed by atoms with Crippen molar-refractivity contribution < 1.29 is 14.3 Å². The summed E-state index contributed by atoms with van der Waals surface area (Å²) < 4.78 is 5.54. The minimum Gasteiger partial charge on any atom is -0.507 e. The van der Waals surface area contributed by atoms with Crippen molar-refractivity contribution in [3.8, 4) is 34.5 Å². The number of para-hydroxylation sites is 1. The molecule has 1 aliphatic heterocycles. The van der Waals surface area contributed by atoms with Gasteiger partial charge in [-0.1, -0.05) is 42.5 Å². The Bertz CT molecular complexity index is 1430. The van der Waals surface area contributed by atoms with Gasteiger partial charge in [-0.05, 0) is 25.0 Å². The lowest BCUT2D eigenvalue weighted by molar-refractivity contribution is 0.0701. The molecule has 2 aromatic heterocycles. The van der Waals surface area contributed by atoms with Crippen molar-refractivity contribution >= 4 is 11.7 Å². The molecule has 3 heterocycles. The van der Waals surface area contributed by atoms with Crippen LogP contribution in [0, 0.1) is 11.3 Å². The van der Waals surface area contributed by atoms with Gasteiger partial charge in [0.2, 0.25) is 0 Å². The Morgan fingerprint density at radius 1 is 1.14 bits per heavy atom. The smallest absolute Gasteiger partial charge is 0.276 e. The maximum absolute atomic E-state index is 13.4. The number of aromatic nitrogens is 3. The molecule has 0 bridgehead atoms. The van der Waals surface area contributed by atoms with Gasteiger partial charge in [0.15, 0.2) is 23.7 Å². The van der Waals surface area contributed by atoms with E-state index in [1.807, 2.05) is 30.3 Å². The molecule has 4 aromatic rings. The maximum atomic E-state index is 13.4. The fraction of sp³-hybridized carbons (Fsp3) is 0.192. The van der Waals surface area contributed by atoms with Crippen molar-refractivity contribution in [2.75, 3.05) is 18.8 Å². The highest BCUT2D eigenvalue weighted by Gasteiger charge is 2.32. The fourth-order valence-corrected chi connectivity index (χ4v) is 4.42. The van der Waals surface area contributed by atoms with Crippen LogP contribution < -0.4 is 5.73 Å². The zero-order valence-corrected chi connectivity index (χ0v) is 18.8. The number of anilines is 1. The molecule has 2 aromatic carbocycles. The molecule has 9 nitrogen and oxygen atoms in total. The number of piperidine rings is 1. The van der Waals surface area contributed by atoms with Crippen LogP contribution in [0.15, 0.2) is 65.4 Å². The summed E-state index contributed by atoms with van der Waals surface area (Å²) in [4.78, 5) is 28.2. The molecule has 35 heavy (non-hydrogen) atoms. The molecule has 9 heteroatoms. The van der Waals surface area contributed by atoms with E-state index >= 15 is 0 Å². The molecule has 1 amide bonds. The zero-order valence-electron chi connectivity index (χ0n) is 18.8. The molecular formula is C26H22N6O3. The lowest BCUT2D eigenvalue weighted by Crippen LogP contribution is -2.40. The van der Waals surface area contributed by atoms with Gasteiger partial charge in [-0.25, -0.2) is 15.0 Å². The van der Waals surface area contributed by atoms with E-state index in [1.165, 1.54) is 12.5 Å². The molecular weight excluding hydrogens is 444 g/mol. The lowest BCUT2D eigenvalue weighted by atomic mass is 9.91. The average Bonchev–Trinajstić information content (AvgIpc) is 3.39. The summed E-state index contributed by atoms with van der Waals surface area (Å²) in [5.74, 6) is 0.238. The van der Waals surface area contributed by atoms with Gasteiger partial charge in [0.25, 0.3) is 5.91 Å². The van der Waals surface area contributed by atoms with Gasteiger partial charge >= 0.3 is 0 Å². The number of nitriles is 1. The number of hydrogen-bond donors (Lipinski definition) is 2. The first-order valence-corrected chi connectivity index (χ1v) is 11.2. The number of oxazole rings is 1. The third-order valence-corrected chi connectivity index (χ3v) is 6.12. The number of amides is 1. The highest BCUT2D eigenvalue weighted by molar-refractivity contribution is 5.97. The first-order valence-electron chi connectivity index (χ1n) is 11.2. The number of phenolic OH excluding ortho intramolecular Hbond substituents is 1. The number of hydrogen-bond acceptors (Lipinski definition) is 8. The van der Waals surface area contributed by atoms with Gasteiger partial charge in [0, 0.05) is 24.6 Å². The third kappa shape index (κ3) is 4.17. The van der Waals surface area contributed by atoms with Crippen LogP contribution in [0.25, 0.3) is 22.7 Å². The Labute approximate surface area is 201 Å². The second kappa shape index (κ2) is 9.27. The predicted octanol–water partition coefficient (Wildman–Crippen LogP) is 3.98. The minimum atomic E-state index is -0.247. The van der Waals surface area contributed by atoms with E-state index in [0.29, 0.717) is 30.1 Å². The van der Waals surface area contributed by atoms with E-state index in [-0.39, 0.29) is 40.5 Å². The first-order chi connectivity index (χ1) is 17.1. The maximum Gasteiger partial charge on any atom is 0.276 e. The first kappa shape index (κ1) is 22.1. The molecule has 0 aliphatic carbocycles. The van der Waals surface area contributed by atoms with E-state index in [4.69, 9.17) is 10.2 Å². The van der Waals surface area contributed by atoms with Gasteiger partial charge in [-0.2, -0.15) is 5.26 Å². The van der Waals surface area contributed by atoms with Crippen LogP contribution in [0.1, 0.15) is 40.5 Å². The predicted molar refractivity (Wildman–Crippen MR) is 128 cm³/mol. The Kier molecular flexibility index (Phi) is 5.85. The van der Waals surface area contributed by atoms with Gasteiger partial charge in [0.1, 0.15) is 23.2 Å². The number of carbonyl (C=O) groups is 1. The van der Waals surface area contributed by atoms with Crippen LogP contribution in [-0.2, 0) is 0 Å². The molecule has 1 unspecified atom stereocenters. The van der Waals surface area contributed by atoms with Crippen molar-refractivity contribution in [1.82, 2.24) is 19.9 Å². The summed E-state index contributed by atoms with van der Waals surface area (Å²) in [5.41, 5.74) is 8.22. The van der Waals surface area contributed by atoms with Crippen LogP contribution in [0.4, 0.5) is 5.82 Å². The molecule has 1 atom stereocenters. The Hall–Kier alpha value is -4.71. The van der Waals surface area contributed by atoms with Crippen LogP contribution in [0.2, 0.25) is 0 Å². The standard InChI is InChI=1S/C26H22N6O3/c27-13-19-21(30-25(31-24(19)28)18-10-4-5-11-20(18)33)17-9-6-12-32(14-17)26(34)22-23(35-15-29-22)16-7-2-1-3-8-16/h1-5,7-8,10-11,15,17,33H,6,9,12,14H2,(H2,28,30,31). The Morgan fingerprint density at radius 3 is 2.69 bits per heavy atom. The second-order valence-electron chi connectivity index (χ2n) is 8.31. The number of aromatic hydroxyl groups is 1. The van der Waals surface area contributed by atoms with Crippen LogP contribution >= 0.6 is 0 Å². The van der Waals surface area contributed by atoms with E-state index in [0.717, 1.165) is 18.4 Å². The topological polar surface area (TPSA) is 142 Å². The third-order valence-electron chi connectivity index (χ3n) is 6.12. The van der Waals surface area contributed by atoms with Crippen molar-refractivity contribution in [1.29, 1.82) is 5.26 Å². The number of nitrogens with two attached hydrogens (primary N) is 1. The highest BCUT2D eigenvalue weighted by Crippen LogP contribution is 2.34. The zero-order chi connectivity index (χ0) is 24.4. The quantitative estimate of drug-likeness (QED) is 0.460. The average molecular weight is 467 g/mol. The van der Waals surface area contributed by atoms with Crippen LogP contribution in [-0.4, -0.2) is 44.0 Å². The van der Waals surface area contributed by atoms with Gasteiger partial charge in [0.05, 0.1) is 11.3 Å². The molecule has 3 N–H and O–H groups in total. The summed E-state index contributed by atoms with van der Waals surface area (Å²) in [6, 6.07) is 18.1. The summed E-state index contributed by atoms with van der Waals surface area (Å²) in [6.07, 6.45) is 2.71. The number of phenols is 1. The molecule has 0 radical (unpaired) electrons. The number of rotatable bonds is 4. The summed E-state index contributed by atoms with van der Waals surface area (Å²) in [5, 5.41) is 20.0. The van der Waals surface area contributed by atoms with Crippen LogP contribution in [0.5, 0.6) is 5.75 Å². The largest absolute Gasteiger partial charge is 0.507 e. The summed E-state index contributed by atoms with van der Waals surface area (Å²) >= 11 is 0. The minimum absolute atomic E-state index is 0.0162. The molecule has 0 saturated carbocycles. The number of nitrogen functional groups attached to an aromatic ring is 1. The van der Waals surface area contributed by atoms with Crippen molar-refractivity contribution in [2.45, 2.75) is 18.8 Å². The molecule has 1 saturated heterocycles. The van der Waals surface area contributed by atoms with E-state index in [2.05, 4.69) is 21.0 Å². The van der Waals surface area contributed by atoms with Gasteiger partial charge in [-0.3, -0.25) is 4.79 Å². The molecule has 1 aliphatic rings. The van der Waals surface area contributed by atoms with Crippen molar-refractivity contribution in [3.63, 3.8) is 0 Å².